The van der Waals surface area contributed by atoms with Gasteiger partial charge in [0, 0.05) is 12.2 Å². The SMILES string of the molecule is COc1ccc2c(c1)CCN(c1ccccc1)C2C(C)C. The minimum absolute atomic E-state index is 0.432. The number of hydrogen-bond donors (Lipinski definition) is 0. The number of benzene rings is 2. The average Bonchev–Trinajstić information content (AvgIpc) is 2.53. The number of nitrogens with zero attached hydrogens (tertiary/aromatic N) is 1. The minimum atomic E-state index is 0.432. The van der Waals surface area contributed by atoms with E-state index in [0.717, 1.165) is 18.7 Å². The van der Waals surface area contributed by atoms with Crippen LogP contribution in [0.3, 0.4) is 0 Å². The highest BCUT2D eigenvalue weighted by Gasteiger charge is 2.30. The summed E-state index contributed by atoms with van der Waals surface area (Å²) in [4.78, 5) is 2.54. The number of para-hydroxylation sites is 1. The van der Waals surface area contributed by atoms with Crippen LogP contribution in [-0.4, -0.2) is 13.7 Å². The van der Waals surface area contributed by atoms with Crippen molar-refractivity contribution in [3.63, 3.8) is 0 Å². The third-order valence-electron chi connectivity index (χ3n) is 4.35. The van der Waals surface area contributed by atoms with Gasteiger partial charge in [0.25, 0.3) is 0 Å². The molecule has 1 unspecified atom stereocenters. The van der Waals surface area contributed by atoms with Crippen molar-refractivity contribution < 1.29 is 4.74 Å². The van der Waals surface area contributed by atoms with E-state index in [2.05, 4.69) is 67.3 Å². The molecule has 0 aromatic heterocycles. The Morgan fingerprint density at radius 3 is 2.52 bits per heavy atom. The molecule has 0 amide bonds. The molecule has 1 aliphatic heterocycles. The first-order chi connectivity index (χ1) is 10.2. The second-order valence-electron chi connectivity index (χ2n) is 6.03. The zero-order valence-electron chi connectivity index (χ0n) is 13.0. The van der Waals surface area contributed by atoms with Gasteiger partial charge in [-0.25, -0.2) is 0 Å². The average molecular weight is 281 g/mol. The lowest BCUT2D eigenvalue weighted by atomic mass is 9.85. The monoisotopic (exact) mass is 281 g/mol. The van der Waals surface area contributed by atoms with Gasteiger partial charge in [-0.05, 0) is 47.7 Å². The Morgan fingerprint density at radius 1 is 1.10 bits per heavy atom. The zero-order valence-corrected chi connectivity index (χ0v) is 13.0. The molecule has 0 saturated heterocycles. The third-order valence-corrected chi connectivity index (χ3v) is 4.35. The molecule has 1 aliphatic rings. The van der Waals surface area contributed by atoms with Crippen LogP contribution in [-0.2, 0) is 6.42 Å². The molecule has 21 heavy (non-hydrogen) atoms. The van der Waals surface area contributed by atoms with Gasteiger partial charge in [0.05, 0.1) is 13.2 Å². The first kappa shape index (κ1) is 14.0. The largest absolute Gasteiger partial charge is 0.497 e. The normalized spacial score (nSPS) is 17.7. The fraction of sp³-hybridized carbons (Fsp3) is 0.368. The number of hydrogen-bond acceptors (Lipinski definition) is 2. The van der Waals surface area contributed by atoms with E-state index in [1.54, 1.807) is 7.11 Å². The molecule has 3 rings (SSSR count). The number of rotatable bonds is 3. The maximum Gasteiger partial charge on any atom is 0.119 e. The van der Waals surface area contributed by atoms with Gasteiger partial charge >= 0.3 is 0 Å². The highest BCUT2D eigenvalue weighted by molar-refractivity contribution is 5.53. The van der Waals surface area contributed by atoms with Gasteiger partial charge in [-0.2, -0.15) is 0 Å². The van der Waals surface area contributed by atoms with Crippen LogP contribution in [0.1, 0.15) is 31.0 Å². The molecule has 1 heterocycles. The van der Waals surface area contributed by atoms with E-state index in [9.17, 15) is 0 Å². The van der Waals surface area contributed by atoms with Crippen molar-refractivity contribution in [1.29, 1.82) is 0 Å². The maximum absolute atomic E-state index is 5.37. The van der Waals surface area contributed by atoms with Gasteiger partial charge in [-0.1, -0.05) is 38.1 Å². The van der Waals surface area contributed by atoms with Crippen LogP contribution >= 0.6 is 0 Å². The summed E-state index contributed by atoms with van der Waals surface area (Å²) in [6.07, 6.45) is 1.07. The molecule has 2 heteroatoms. The van der Waals surface area contributed by atoms with Crippen LogP contribution < -0.4 is 9.64 Å². The lowest BCUT2D eigenvalue weighted by Crippen LogP contribution is -2.38. The van der Waals surface area contributed by atoms with Gasteiger partial charge in [-0.3, -0.25) is 0 Å². The van der Waals surface area contributed by atoms with Crippen molar-refractivity contribution in [1.82, 2.24) is 0 Å². The minimum Gasteiger partial charge on any atom is -0.497 e. The molecule has 2 aromatic rings. The Bertz CT molecular complexity index is 606. The standard InChI is InChI=1S/C19H23NO/c1-14(2)19-18-10-9-17(21-3)13-15(18)11-12-20(19)16-7-5-4-6-8-16/h4-10,13-14,19H,11-12H2,1-3H3. The fourth-order valence-corrected chi connectivity index (χ4v) is 3.39. The second kappa shape index (κ2) is 5.80. The summed E-state index contributed by atoms with van der Waals surface area (Å²) in [6, 6.07) is 17.7. The lowest BCUT2D eigenvalue weighted by molar-refractivity contribution is 0.410. The van der Waals surface area contributed by atoms with E-state index in [0.29, 0.717) is 12.0 Å². The summed E-state index contributed by atoms with van der Waals surface area (Å²) in [5, 5.41) is 0. The Hall–Kier alpha value is -1.96. The summed E-state index contributed by atoms with van der Waals surface area (Å²) in [7, 11) is 1.74. The van der Waals surface area contributed by atoms with Gasteiger partial charge in [0.1, 0.15) is 5.75 Å². The topological polar surface area (TPSA) is 12.5 Å². The molecule has 0 spiro atoms. The molecule has 0 radical (unpaired) electrons. The predicted molar refractivity (Wildman–Crippen MR) is 88.1 cm³/mol. The quantitative estimate of drug-likeness (QED) is 0.824. The van der Waals surface area contributed by atoms with Crippen LogP contribution in [0.15, 0.2) is 48.5 Å². The predicted octanol–water partition coefficient (Wildman–Crippen LogP) is 4.46. The third kappa shape index (κ3) is 2.63. The molecule has 110 valence electrons. The van der Waals surface area contributed by atoms with E-state index in [4.69, 9.17) is 4.74 Å². The molecule has 1 atom stereocenters. The van der Waals surface area contributed by atoms with Crippen molar-refractivity contribution in [3.05, 3.63) is 59.7 Å². The van der Waals surface area contributed by atoms with Gasteiger partial charge in [0.15, 0.2) is 0 Å². The molecular formula is C19H23NO. The summed E-state index contributed by atoms with van der Waals surface area (Å²) in [5.74, 6) is 1.53. The lowest BCUT2D eigenvalue weighted by Gasteiger charge is -2.41. The Kier molecular flexibility index (Phi) is 3.87. The molecule has 2 aromatic carbocycles. The molecule has 0 N–H and O–H groups in total. The van der Waals surface area contributed by atoms with Gasteiger partial charge < -0.3 is 9.64 Å². The fourth-order valence-electron chi connectivity index (χ4n) is 3.39. The number of methoxy groups -OCH3 is 1. The van der Waals surface area contributed by atoms with E-state index in [1.807, 2.05) is 0 Å². The number of ether oxygens (including phenoxy) is 1. The Labute approximate surface area is 127 Å². The van der Waals surface area contributed by atoms with Crippen LogP contribution in [0.5, 0.6) is 5.75 Å². The number of fused-ring (bicyclic) bond motifs is 1. The Balaban J connectivity index is 2.02. The summed E-state index contributed by atoms with van der Waals surface area (Å²) >= 11 is 0. The van der Waals surface area contributed by atoms with E-state index in [1.165, 1.54) is 16.8 Å². The smallest absolute Gasteiger partial charge is 0.119 e. The molecule has 0 bridgehead atoms. The molecular weight excluding hydrogens is 258 g/mol. The van der Waals surface area contributed by atoms with Crippen molar-refractivity contribution >= 4 is 5.69 Å². The molecule has 0 saturated carbocycles. The summed E-state index contributed by atoms with van der Waals surface area (Å²) in [5.41, 5.74) is 4.19. The van der Waals surface area contributed by atoms with E-state index >= 15 is 0 Å². The molecule has 2 nitrogen and oxygen atoms in total. The van der Waals surface area contributed by atoms with Crippen molar-refractivity contribution in [2.75, 3.05) is 18.6 Å². The van der Waals surface area contributed by atoms with Crippen LogP contribution in [0.4, 0.5) is 5.69 Å². The van der Waals surface area contributed by atoms with E-state index < -0.39 is 0 Å². The van der Waals surface area contributed by atoms with Crippen molar-refractivity contribution in [3.8, 4) is 5.75 Å². The van der Waals surface area contributed by atoms with E-state index in [-0.39, 0.29) is 0 Å². The van der Waals surface area contributed by atoms with Crippen molar-refractivity contribution in [2.24, 2.45) is 5.92 Å². The second-order valence-corrected chi connectivity index (χ2v) is 6.03. The van der Waals surface area contributed by atoms with Crippen LogP contribution in [0.2, 0.25) is 0 Å². The van der Waals surface area contributed by atoms with Crippen LogP contribution in [0, 0.1) is 5.92 Å². The maximum atomic E-state index is 5.37. The zero-order chi connectivity index (χ0) is 14.8. The van der Waals surface area contributed by atoms with Gasteiger partial charge in [0.2, 0.25) is 0 Å². The Morgan fingerprint density at radius 2 is 1.86 bits per heavy atom. The van der Waals surface area contributed by atoms with Crippen molar-refractivity contribution in [2.45, 2.75) is 26.3 Å². The highest BCUT2D eigenvalue weighted by atomic mass is 16.5. The first-order valence-corrected chi connectivity index (χ1v) is 7.69. The molecule has 0 fully saturated rings. The number of anilines is 1. The van der Waals surface area contributed by atoms with Crippen LogP contribution in [0.25, 0.3) is 0 Å². The summed E-state index contributed by atoms with van der Waals surface area (Å²) < 4.78 is 5.37. The first-order valence-electron chi connectivity index (χ1n) is 7.69. The molecule has 0 aliphatic carbocycles. The highest BCUT2D eigenvalue weighted by Crippen LogP contribution is 2.39. The van der Waals surface area contributed by atoms with Gasteiger partial charge in [-0.15, -0.1) is 0 Å². The summed E-state index contributed by atoms with van der Waals surface area (Å²) in [6.45, 7) is 5.67.